The Morgan fingerprint density at radius 1 is 1.07 bits per heavy atom. The third kappa shape index (κ3) is 8.32. The Kier molecular flexibility index (Phi) is 13.7. The van der Waals surface area contributed by atoms with E-state index >= 15 is 0 Å². The summed E-state index contributed by atoms with van der Waals surface area (Å²) in [5.41, 5.74) is 0. The fraction of sp³-hybridized carbons (Fsp3) is 0.952. The van der Waals surface area contributed by atoms with Gasteiger partial charge in [0.05, 0.1) is 19.8 Å². The Morgan fingerprint density at radius 2 is 1.79 bits per heavy atom. The van der Waals surface area contributed by atoms with Crippen molar-refractivity contribution in [2.75, 3.05) is 65.6 Å². The molecule has 0 radical (unpaired) electrons. The van der Waals surface area contributed by atoms with Crippen molar-refractivity contribution in [3.8, 4) is 0 Å². The van der Waals surface area contributed by atoms with Crippen molar-refractivity contribution >= 4 is 29.9 Å². The number of rotatable bonds is 10. The highest BCUT2D eigenvalue weighted by atomic mass is 127. The minimum atomic E-state index is 0. The van der Waals surface area contributed by atoms with E-state index < -0.39 is 0 Å². The van der Waals surface area contributed by atoms with Crippen LogP contribution in [0.5, 0.6) is 0 Å². The van der Waals surface area contributed by atoms with Gasteiger partial charge in [-0.1, -0.05) is 33.6 Å². The Bertz CT molecular complexity index is 427. The topological polar surface area (TPSA) is 52.1 Å². The van der Waals surface area contributed by atoms with Gasteiger partial charge in [0.1, 0.15) is 0 Å². The van der Waals surface area contributed by atoms with Crippen LogP contribution in [0, 0.1) is 11.8 Å². The normalized spacial score (nSPS) is 22.9. The van der Waals surface area contributed by atoms with Crippen LogP contribution in [-0.4, -0.2) is 87.4 Å². The zero-order valence-electron chi connectivity index (χ0n) is 18.6. The molecular formula is C21H44IN5O. The number of hydrogen-bond acceptors (Lipinski definition) is 4. The lowest BCUT2D eigenvalue weighted by atomic mass is 9.92. The van der Waals surface area contributed by atoms with Gasteiger partial charge in [-0.25, -0.2) is 0 Å². The highest BCUT2D eigenvalue weighted by Gasteiger charge is 2.27. The van der Waals surface area contributed by atoms with Crippen molar-refractivity contribution in [2.24, 2.45) is 16.8 Å². The number of ether oxygens (including phenoxy) is 1. The summed E-state index contributed by atoms with van der Waals surface area (Å²) in [6.45, 7) is 19.2. The zero-order chi connectivity index (χ0) is 19.5. The largest absolute Gasteiger partial charge is 0.379 e. The maximum atomic E-state index is 5.57. The first kappa shape index (κ1) is 25.9. The van der Waals surface area contributed by atoms with Crippen LogP contribution in [0.25, 0.3) is 0 Å². The number of nitrogens with zero attached hydrogens (tertiary/aromatic N) is 3. The molecule has 2 atom stereocenters. The van der Waals surface area contributed by atoms with E-state index in [1.807, 2.05) is 0 Å². The maximum Gasteiger partial charge on any atom is 0.191 e. The van der Waals surface area contributed by atoms with Gasteiger partial charge in [0.25, 0.3) is 0 Å². The van der Waals surface area contributed by atoms with E-state index in [0.717, 1.165) is 57.8 Å². The molecule has 2 heterocycles. The minimum absolute atomic E-state index is 0. The fourth-order valence-corrected chi connectivity index (χ4v) is 4.44. The van der Waals surface area contributed by atoms with Crippen LogP contribution in [0.3, 0.4) is 0 Å². The lowest BCUT2D eigenvalue weighted by molar-refractivity contribution is 0.00395. The van der Waals surface area contributed by atoms with Gasteiger partial charge in [0.15, 0.2) is 5.96 Å². The lowest BCUT2D eigenvalue weighted by Gasteiger charge is -2.38. The molecule has 0 bridgehead atoms. The number of halogens is 1. The summed E-state index contributed by atoms with van der Waals surface area (Å²) in [4.78, 5) is 10.1. The summed E-state index contributed by atoms with van der Waals surface area (Å²) < 4.78 is 5.57. The van der Waals surface area contributed by atoms with Gasteiger partial charge in [-0.05, 0) is 38.3 Å². The summed E-state index contributed by atoms with van der Waals surface area (Å²) in [5, 5.41) is 7.06. The number of likely N-dealkylation sites (tertiary alicyclic amines) is 1. The Balaban J connectivity index is 0.00000392. The first-order chi connectivity index (χ1) is 13.2. The lowest BCUT2D eigenvalue weighted by Crippen LogP contribution is -2.49. The molecule has 2 saturated heterocycles. The average Bonchev–Trinajstić information content (AvgIpc) is 3.18. The molecular weight excluding hydrogens is 465 g/mol. The highest BCUT2D eigenvalue weighted by Crippen LogP contribution is 2.20. The molecule has 0 saturated carbocycles. The molecule has 0 amide bonds. The molecule has 28 heavy (non-hydrogen) atoms. The molecule has 0 aromatic rings. The van der Waals surface area contributed by atoms with E-state index in [4.69, 9.17) is 9.73 Å². The third-order valence-corrected chi connectivity index (χ3v) is 6.26. The number of aliphatic imine (C=N–C) groups is 1. The van der Waals surface area contributed by atoms with Gasteiger partial charge in [0, 0.05) is 38.8 Å². The van der Waals surface area contributed by atoms with Crippen molar-refractivity contribution in [3.63, 3.8) is 0 Å². The number of nitrogens with one attached hydrogen (secondary N) is 2. The zero-order valence-corrected chi connectivity index (χ0v) is 20.9. The standard InChI is InChI=1S/C21H43N5O.HI/c1-5-19(6-2)20(26-11-13-27-14-12-26)16-24-21(22-7-3)23-15-18-9-10-25(8-4)17-18;/h18-20H,5-17H2,1-4H3,(H2,22,23,24);1H. The van der Waals surface area contributed by atoms with Crippen LogP contribution in [0.4, 0.5) is 0 Å². The minimum Gasteiger partial charge on any atom is -0.379 e. The van der Waals surface area contributed by atoms with Crippen LogP contribution < -0.4 is 10.6 Å². The molecule has 2 N–H and O–H groups in total. The second-order valence-electron chi connectivity index (χ2n) is 7.94. The second kappa shape index (κ2) is 14.8. The molecule has 0 aromatic heterocycles. The molecule has 7 heteroatoms. The van der Waals surface area contributed by atoms with Crippen LogP contribution in [0.2, 0.25) is 0 Å². The first-order valence-electron chi connectivity index (χ1n) is 11.3. The van der Waals surface area contributed by atoms with Gasteiger partial charge in [0.2, 0.25) is 0 Å². The number of guanidine groups is 1. The Hall–Kier alpha value is -0.120. The maximum absolute atomic E-state index is 5.57. The molecule has 2 rings (SSSR count). The molecule has 6 nitrogen and oxygen atoms in total. The van der Waals surface area contributed by atoms with E-state index in [-0.39, 0.29) is 24.0 Å². The third-order valence-electron chi connectivity index (χ3n) is 6.26. The predicted octanol–water partition coefficient (Wildman–Crippen LogP) is 2.64. The van der Waals surface area contributed by atoms with Crippen molar-refractivity contribution in [3.05, 3.63) is 0 Å². The van der Waals surface area contributed by atoms with Crippen LogP contribution in [-0.2, 0) is 4.74 Å². The molecule has 2 fully saturated rings. The van der Waals surface area contributed by atoms with Crippen LogP contribution >= 0.6 is 24.0 Å². The van der Waals surface area contributed by atoms with Crippen molar-refractivity contribution in [2.45, 2.75) is 53.0 Å². The average molecular weight is 510 g/mol. The predicted molar refractivity (Wildman–Crippen MR) is 130 cm³/mol. The van der Waals surface area contributed by atoms with E-state index in [1.165, 1.54) is 38.9 Å². The number of hydrogen-bond donors (Lipinski definition) is 2. The smallest absolute Gasteiger partial charge is 0.191 e. The summed E-state index contributed by atoms with van der Waals surface area (Å²) in [5.74, 6) is 2.42. The Labute approximate surface area is 190 Å². The van der Waals surface area contributed by atoms with Gasteiger partial charge in [-0.2, -0.15) is 0 Å². The SMILES string of the molecule is CCNC(=NCC(C(CC)CC)N1CCOCC1)NCC1CCN(CC)C1.I. The molecule has 2 aliphatic rings. The molecule has 166 valence electrons. The molecule has 2 unspecified atom stereocenters. The monoisotopic (exact) mass is 509 g/mol. The van der Waals surface area contributed by atoms with Crippen LogP contribution in [0.1, 0.15) is 47.0 Å². The molecule has 0 aliphatic carbocycles. The Morgan fingerprint density at radius 3 is 2.36 bits per heavy atom. The van der Waals surface area contributed by atoms with Gasteiger partial charge >= 0.3 is 0 Å². The van der Waals surface area contributed by atoms with E-state index in [1.54, 1.807) is 0 Å². The van der Waals surface area contributed by atoms with Gasteiger partial charge in [-0.15, -0.1) is 24.0 Å². The first-order valence-corrected chi connectivity index (χ1v) is 11.3. The summed E-state index contributed by atoms with van der Waals surface area (Å²) >= 11 is 0. The summed E-state index contributed by atoms with van der Waals surface area (Å²) in [7, 11) is 0. The van der Waals surface area contributed by atoms with Crippen molar-refractivity contribution in [1.82, 2.24) is 20.4 Å². The number of morpholine rings is 1. The molecule has 2 aliphatic heterocycles. The fourth-order valence-electron chi connectivity index (χ4n) is 4.44. The summed E-state index contributed by atoms with van der Waals surface area (Å²) in [6, 6.07) is 0.515. The van der Waals surface area contributed by atoms with E-state index in [9.17, 15) is 0 Å². The highest BCUT2D eigenvalue weighted by molar-refractivity contribution is 14.0. The second-order valence-corrected chi connectivity index (χ2v) is 7.94. The quantitative estimate of drug-likeness (QED) is 0.270. The van der Waals surface area contributed by atoms with Gasteiger partial charge < -0.3 is 20.3 Å². The van der Waals surface area contributed by atoms with Crippen molar-refractivity contribution < 1.29 is 4.74 Å². The molecule has 0 spiro atoms. The van der Waals surface area contributed by atoms with Crippen molar-refractivity contribution in [1.29, 1.82) is 0 Å². The van der Waals surface area contributed by atoms with E-state index in [0.29, 0.717) is 12.0 Å². The van der Waals surface area contributed by atoms with Gasteiger partial charge in [-0.3, -0.25) is 9.89 Å². The van der Waals surface area contributed by atoms with Crippen LogP contribution in [0.15, 0.2) is 4.99 Å². The summed E-state index contributed by atoms with van der Waals surface area (Å²) in [6.07, 6.45) is 3.73. The molecule has 0 aromatic carbocycles. The van der Waals surface area contributed by atoms with E-state index in [2.05, 4.69) is 48.1 Å².